The van der Waals surface area contributed by atoms with Crippen molar-refractivity contribution < 1.29 is 26.7 Å². The van der Waals surface area contributed by atoms with Gasteiger partial charge in [0.1, 0.15) is 0 Å². The van der Waals surface area contributed by atoms with Crippen molar-refractivity contribution in [3.8, 4) is 0 Å². The van der Waals surface area contributed by atoms with Crippen LogP contribution in [0, 0.1) is 0 Å². The molecule has 1 heterocycles. The summed E-state index contributed by atoms with van der Waals surface area (Å²) >= 11 is 0. The molecule has 6 nitrogen and oxygen atoms in total. The summed E-state index contributed by atoms with van der Waals surface area (Å²) < 4.78 is 54.8. The zero-order valence-corrected chi connectivity index (χ0v) is 9.87. The molecule has 0 saturated carbocycles. The van der Waals surface area contributed by atoms with Crippen LogP contribution >= 0.6 is 0 Å². The van der Waals surface area contributed by atoms with E-state index < -0.39 is 26.2 Å². The van der Waals surface area contributed by atoms with Crippen LogP contribution in [0.25, 0.3) is 0 Å². The van der Waals surface area contributed by atoms with E-state index in [1.54, 1.807) is 0 Å². The lowest BCUT2D eigenvalue weighted by Crippen LogP contribution is -2.40. The number of carbonyl (C=O) groups is 1. The van der Waals surface area contributed by atoms with Gasteiger partial charge in [-0.2, -0.15) is 8.78 Å². The fourth-order valence-electron chi connectivity index (χ4n) is 1.05. The van der Waals surface area contributed by atoms with Gasteiger partial charge in [-0.1, -0.05) is 0 Å². The predicted octanol–water partition coefficient (Wildman–Crippen LogP) is 0.350. The van der Waals surface area contributed by atoms with Crippen LogP contribution in [0.2, 0.25) is 0 Å². The van der Waals surface area contributed by atoms with E-state index in [9.17, 15) is 22.0 Å². The number of aromatic nitrogens is 2. The van der Waals surface area contributed by atoms with Crippen molar-refractivity contribution in [1.29, 1.82) is 0 Å². The van der Waals surface area contributed by atoms with Crippen molar-refractivity contribution in [2.45, 2.75) is 17.3 Å². The Bertz CT molecular complexity index is 523. The summed E-state index contributed by atoms with van der Waals surface area (Å²) in [5, 5.41) is -5.54. The highest BCUT2D eigenvalue weighted by atomic mass is 32.2. The number of imidazole rings is 1. The van der Waals surface area contributed by atoms with Crippen molar-refractivity contribution in [2.24, 2.45) is 7.05 Å². The number of ether oxygens (including phenoxy) is 1. The lowest BCUT2D eigenvalue weighted by Gasteiger charge is -2.14. The average Bonchev–Trinajstić information content (AvgIpc) is 2.65. The Morgan fingerprint density at radius 3 is 2.59 bits per heavy atom. The maximum atomic E-state index is 13.4. The summed E-state index contributed by atoms with van der Waals surface area (Å²) in [6.45, 7) is 0.950. The molecule has 96 valence electrons. The van der Waals surface area contributed by atoms with Gasteiger partial charge in [-0.3, -0.25) is 0 Å². The minimum Gasteiger partial charge on any atom is -0.461 e. The Labute approximate surface area is 96.1 Å². The fraction of sp³-hybridized carbons (Fsp3) is 0.500. The first-order valence-electron chi connectivity index (χ1n) is 4.52. The zero-order valence-electron chi connectivity index (χ0n) is 9.05. The van der Waals surface area contributed by atoms with Gasteiger partial charge >= 0.3 is 11.2 Å². The molecule has 1 rings (SSSR count). The molecule has 0 aliphatic heterocycles. The van der Waals surface area contributed by atoms with E-state index in [1.165, 1.54) is 20.2 Å². The number of halogens is 2. The third-order valence-corrected chi connectivity index (χ3v) is 3.58. The number of esters is 1. The number of alkyl halides is 2. The number of aryl methyl sites for hydroxylation is 1. The highest BCUT2D eigenvalue weighted by molar-refractivity contribution is 7.93. The van der Waals surface area contributed by atoms with E-state index in [0.717, 1.165) is 10.8 Å². The smallest absolute Gasteiger partial charge is 0.447 e. The van der Waals surface area contributed by atoms with E-state index in [0.29, 0.717) is 0 Å². The summed E-state index contributed by atoms with van der Waals surface area (Å²) in [7, 11) is -3.98. The third-order valence-electron chi connectivity index (χ3n) is 1.87. The maximum absolute atomic E-state index is 13.4. The quantitative estimate of drug-likeness (QED) is 0.736. The molecule has 0 aliphatic carbocycles. The molecule has 0 N–H and O–H groups in total. The highest BCUT2D eigenvalue weighted by Crippen LogP contribution is 2.29. The van der Waals surface area contributed by atoms with E-state index in [4.69, 9.17) is 0 Å². The molecule has 0 aliphatic rings. The van der Waals surface area contributed by atoms with E-state index >= 15 is 0 Å². The first-order valence-corrected chi connectivity index (χ1v) is 6.00. The number of hydrogen-bond acceptors (Lipinski definition) is 5. The molecule has 17 heavy (non-hydrogen) atoms. The van der Waals surface area contributed by atoms with Gasteiger partial charge in [-0.25, -0.2) is 18.2 Å². The molecule has 0 saturated heterocycles. The Morgan fingerprint density at radius 1 is 1.59 bits per heavy atom. The molecule has 9 heteroatoms. The lowest BCUT2D eigenvalue weighted by molar-refractivity contribution is -0.160. The molecule has 0 fully saturated rings. The normalized spacial score (nSPS) is 12.5. The molecular weight excluding hydrogens is 258 g/mol. The number of nitrogens with zero attached hydrogens (tertiary/aromatic N) is 2. The molecule has 0 unspecified atom stereocenters. The molecule has 0 bridgehead atoms. The largest absolute Gasteiger partial charge is 0.461 e. The number of carbonyl (C=O) groups excluding carboxylic acids is 1. The molecule has 1 aromatic heterocycles. The average molecular weight is 268 g/mol. The van der Waals surface area contributed by atoms with Crippen molar-refractivity contribution in [3.63, 3.8) is 0 Å². The van der Waals surface area contributed by atoms with Crippen molar-refractivity contribution in [2.75, 3.05) is 6.61 Å². The first-order chi connectivity index (χ1) is 7.75. The van der Waals surface area contributed by atoms with Gasteiger partial charge in [0, 0.05) is 19.4 Å². The molecule has 0 amide bonds. The van der Waals surface area contributed by atoms with Crippen molar-refractivity contribution in [1.82, 2.24) is 9.55 Å². The van der Waals surface area contributed by atoms with Crippen LogP contribution in [0.3, 0.4) is 0 Å². The number of hydrogen-bond donors (Lipinski definition) is 0. The summed E-state index contributed by atoms with van der Waals surface area (Å²) in [4.78, 5) is 14.2. The van der Waals surface area contributed by atoms with Gasteiger partial charge in [0.05, 0.1) is 6.61 Å². The monoisotopic (exact) mass is 268 g/mol. The van der Waals surface area contributed by atoms with Gasteiger partial charge in [-0.15, -0.1) is 0 Å². The summed E-state index contributed by atoms with van der Waals surface area (Å²) in [5.74, 6) is -2.11. The molecule has 0 aromatic carbocycles. The molecule has 0 radical (unpaired) electrons. The standard InChI is InChI=1S/C8H10F2N2O4S/c1-3-16-6(13)8(9,10)17(14,15)7-11-4-5-12(7)2/h4-5H,3H2,1-2H3. The Morgan fingerprint density at radius 2 is 2.18 bits per heavy atom. The SMILES string of the molecule is CCOC(=O)C(F)(F)S(=O)(=O)c1nccn1C. The van der Waals surface area contributed by atoms with Crippen LogP contribution in [-0.2, 0) is 26.4 Å². The molecule has 0 spiro atoms. The lowest BCUT2D eigenvalue weighted by atomic mass is 10.7. The minimum atomic E-state index is -5.20. The van der Waals surface area contributed by atoms with Crippen LogP contribution in [0.5, 0.6) is 0 Å². The van der Waals surface area contributed by atoms with E-state index in [2.05, 4.69) is 9.72 Å². The Hall–Kier alpha value is -1.51. The fourth-order valence-corrected chi connectivity index (χ4v) is 2.20. The topological polar surface area (TPSA) is 78.3 Å². The Balaban J connectivity index is 3.23. The number of sulfone groups is 1. The summed E-state index contributed by atoms with van der Waals surface area (Å²) in [6.07, 6.45) is 2.21. The second kappa shape index (κ2) is 4.40. The highest BCUT2D eigenvalue weighted by Gasteiger charge is 2.56. The second-order valence-corrected chi connectivity index (χ2v) is 4.95. The molecule has 1 aromatic rings. The first kappa shape index (κ1) is 13.6. The second-order valence-electron chi connectivity index (χ2n) is 3.06. The van der Waals surface area contributed by atoms with Gasteiger partial charge < -0.3 is 9.30 Å². The maximum Gasteiger partial charge on any atom is 0.447 e. The van der Waals surface area contributed by atoms with Crippen LogP contribution in [0.15, 0.2) is 17.6 Å². The van der Waals surface area contributed by atoms with Gasteiger partial charge in [-0.05, 0) is 6.92 Å². The van der Waals surface area contributed by atoms with Crippen LogP contribution in [0.1, 0.15) is 6.92 Å². The minimum absolute atomic E-state index is 0.343. The molecular formula is C8H10F2N2O4S. The van der Waals surface area contributed by atoms with E-state index in [-0.39, 0.29) is 6.61 Å². The van der Waals surface area contributed by atoms with Crippen LogP contribution < -0.4 is 0 Å². The molecule has 0 atom stereocenters. The predicted molar refractivity (Wildman–Crippen MR) is 52.0 cm³/mol. The Kier molecular flexibility index (Phi) is 3.51. The number of rotatable bonds is 4. The zero-order chi connectivity index (χ0) is 13.3. The van der Waals surface area contributed by atoms with Gasteiger partial charge in [0.25, 0.3) is 9.84 Å². The summed E-state index contributed by atoms with van der Waals surface area (Å²) in [5.41, 5.74) is 0. The van der Waals surface area contributed by atoms with Crippen molar-refractivity contribution >= 4 is 15.8 Å². The van der Waals surface area contributed by atoms with Gasteiger partial charge in [0.15, 0.2) is 0 Å². The third kappa shape index (κ3) is 2.14. The van der Waals surface area contributed by atoms with E-state index in [1.807, 2.05) is 0 Å². The van der Waals surface area contributed by atoms with Crippen molar-refractivity contribution in [3.05, 3.63) is 12.4 Å². The van der Waals surface area contributed by atoms with Crippen LogP contribution in [0.4, 0.5) is 8.78 Å². The summed E-state index contributed by atoms with van der Waals surface area (Å²) in [6, 6.07) is 0. The van der Waals surface area contributed by atoms with Gasteiger partial charge in [0.2, 0.25) is 5.16 Å². The van der Waals surface area contributed by atoms with Crippen LogP contribution in [-0.4, -0.2) is 35.8 Å².